The summed E-state index contributed by atoms with van der Waals surface area (Å²) in [6.45, 7) is 11.9. The molecule has 1 aliphatic carbocycles. The molecule has 2 N–H and O–H groups in total. The minimum absolute atomic E-state index is 0.148. The maximum atomic E-state index is 6.75. The van der Waals surface area contributed by atoms with Gasteiger partial charge in [0.1, 0.15) is 0 Å². The molecule has 120 valence electrons. The smallest absolute Gasteiger partial charge is 0.0157 e. The quantitative estimate of drug-likeness (QED) is 0.587. The van der Waals surface area contributed by atoms with E-state index in [1.807, 2.05) is 0 Å². The van der Waals surface area contributed by atoms with E-state index in [2.05, 4.69) is 34.6 Å². The van der Waals surface area contributed by atoms with Gasteiger partial charge in [0.2, 0.25) is 0 Å². The fourth-order valence-corrected chi connectivity index (χ4v) is 3.99. The lowest BCUT2D eigenvalue weighted by Crippen LogP contribution is -2.46. The molecule has 0 heterocycles. The molecule has 1 aliphatic rings. The van der Waals surface area contributed by atoms with Gasteiger partial charge in [-0.05, 0) is 49.4 Å². The zero-order valence-electron chi connectivity index (χ0n) is 14.8. The normalized spacial score (nSPS) is 29.4. The Kier molecular flexibility index (Phi) is 7.04. The van der Waals surface area contributed by atoms with Crippen LogP contribution in [0.25, 0.3) is 0 Å². The second-order valence-electron chi connectivity index (χ2n) is 8.10. The molecule has 0 amide bonds. The van der Waals surface area contributed by atoms with Crippen molar-refractivity contribution in [2.75, 3.05) is 0 Å². The van der Waals surface area contributed by atoms with Crippen molar-refractivity contribution in [1.82, 2.24) is 0 Å². The maximum absolute atomic E-state index is 6.75. The first-order valence-electron chi connectivity index (χ1n) is 9.15. The highest BCUT2D eigenvalue weighted by molar-refractivity contribution is 4.94. The van der Waals surface area contributed by atoms with Crippen LogP contribution in [0.5, 0.6) is 0 Å². The van der Waals surface area contributed by atoms with Crippen LogP contribution in [0.4, 0.5) is 0 Å². The summed E-state index contributed by atoms with van der Waals surface area (Å²) >= 11 is 0. The Morgan fingerprint density at radius 1 is 1.15 bits per heavy atom. The zero-order valence-corrected chi connectivity index (χ0v) is 14.8. The Hall–Kier alpha value is -0.0400. The van der Waals surface area contributed by atoms with Gasteiger partial charge in [0, 0.05) is 5.54 Å². The Morgan fingerprint density at radius 3 is 2.20 bits per heavy atom. The average Bonchev–Trinajstić information content (AvgIpc) is 2.43. The van der Waals surface area contributed by atoms with Gasteiger partial charge in [-0.25, -0.2) is 0 Å². The molecule has 1 saturated carbocycles. The second-order valence-corrected chi connectivity index (χ2v) is 8.10. The molecular weight excluding hydrogens is 242 g/mol. The van der Waals surface area contributed by atoms with Crippen molar-refractivity contribution in [2.45, 2.75) is 104 Å². The molecular formula is C19H39N. The van der Waals surface area contributed by atoms with E-state index in [4.69, 9.17) is 5.73 Å². The fourth-order valence-electron chi connectivity index (χ4n) is 3.99. The lowest BCUT2D eigenvalue weighted by atomic mass is 9.64. The summed E-state index contributed by atoms with van der Waals surface area (Å²) in [6, 6.07) is 0. The Labute approximate surface area is 128 Å². The van der Waals surface area contributed by atoms with Crippen LogP contribution in [0.15, 0.2) is 0 Å². The largest absolute Gasteiger partial charge is 0.325 e. The van der Waals surface area contributed by atoms with Crippen molar-refractivity contribution in [3.05, 3.63) is 0 Å². The van der Waals surface area contributed by atoms with Gasteiger partial charge in [0.05, 0.1) is 0 Å². The number of hydrogen-bond donors (Lipinski definition) is 1. The predicted molar refractivity (Wildman–Crippen MR) is 90.9 cm³/mol. The molecule has 1 unspecified atom stereocenters. The zero-order chi connectivity index (χ0) is 15.2. The summed E-state index contributed by atoms with van der Waals surface area (Å²) in [6.07, 6.45) is 13.2. The van der Waals surface area contributed by atoms with E-state index < -0.39 is 0 Å². The third kappa shape index (κ3) is 5.06. The molecule has 0 radical (unpaired) electrons. The summed E-state index contributed by atoms with van der Waals surface area (Å²) in [5.41, 5.74) is 7.41. The monoisotopic (exact) mass is 281 g/mol. The molecule has 20 heavy (non-hydrogen) atoms. The van der Waals surface area contributed by atoms with Gasteiger partial charge in [-0.3, -0.25) is 0 Å². The molecule has 1 heteroatoms. The van der Waals surface area contributed by atoms with E-state index in [0.29, 0.717) is 5.41 Å². The minimum atomic E-state index is 0.148. The highest BCUT2D eigenvalue weighted by atomic mass is 14.7. The van der Waals surface area contributed by atoms with Crippen LogP contribution < -0.4 is 5.73 Å². The molecule has 0 saturated heterocycles. The second kappa shape index (κ2) is 7.82. The summed E-state index contributed by atoms with van der Waals surface area (Å²) in [5, 5.41) is 0. The predicted octanol–water partition coefficient (Wildman–Crippen LogP) is 5.92. The summed E-state index contributed by atoms with van der Waals surface area (Å²) in [4.78, 5) is 0. The van der Waals surface area contributed by atoms with Gasteiger partial charge in [0.25, 0.3) is 0 Å². The van der Waals surface area contributed by atoms with Crippen LogP contribution in [-0.2, 0) is 0 Å². The van der Waals surface area contributed by atoms with Gasteiger partial charge in [0.15, 0.2) is 0 Å². The van der Waals surface area contributed by atoms with Gasteiger partial charge >= 0.3 is 0 Å². The molecule has 0 aromatic carbocycles. The average molecular weight is 282 g/mol. The fraction of sp³-hybridized carbons (Fsp3) is 1.00. The molecule has 0 aliphatic heterocycles. The van der Waals surface area contributed by atoms with E-state index in [1.165, 1.54) is 64.2 Å². The first-order chi connectivity index (χ1) is 9.37. The van der Waals surface area contributed by atoms with Crippen LogP contribution >= 0.6 is 0 Å². The molecule has 1 nitrogen and oxygen atoms in total. The van der Waals surface area contributed by atoms with E-state index in [0.717, 1.165) is 11.8 Å². The van der Waals surface area contributed by atoms with E-state index in [-0.39, 0.29) is 5.54 Å². The molecule has 1 rings (SSSR count). The van der Waals surface area contributed by atoms with Crippen molar-refractivity contribution in [1.29, 1.82) is 0 Å². The van der Waals surface area contributed by atoms with E-state index in [1.54, 1.807) is 0 Å². The Morgan fingerprint density at radius 2 is 1.75 bits per heavy atom. The number of unbranched alkanes of at least 4 members (excludes halogenated alkanes) is 1. The highest BCUT2D eigenvalue weighted by Crippen LogP contribution is 2.44. The lowest BCUT2D eigenvalue weighted by molar-refractivity contribution is 0.102. The van der Waals surface area contributed by atoms with Gasteiger partial charge in [-0.2, -0.15) is 0 Å². The maximum Gasteiger partial charge on any atom is 0.0157 e. The molecule has 0 aromatic heterocycles. The van der Waals surface area contributed by atoms with Crippen molar-refractivity contribution >= 4 is 0 Å². The molecule has 0 bridgehead atoms. The Bertz CT molecular complexity index is 261. The van der Waals surface area contributed by atoms with Gasteiger partial charge in [-0.1, -0.05) is 66.7 Å². The lowest BCUT2D eigenvalue weighted by Gasteiger charge is -2.44. The first-order valence-corrected chi connectivity index (χ1v) is 9.15. The third-order valence-corrected chi connectivity index (χ3v) is 6.24. The van der Waals surface area contributed by atoms with Crippen molar-refractivity contribution in [2.24, 2.45) is 23.0 Å². The third-order valence-electron chi connectivity index (χ3n) is 6.24. The summed E-state index contributed by atoms with van der Waals surface area (Å²) in [7, 11) is 0. The molecule has 0 aromatic rings. The van der Waals surface area contributed by atoms with Crippen LogP contribution in [0.1, 0.15) is 98.8 Å². The molecule has 1 atom stereocenters. The summed E-state index contributed by atoms with van der Waals surface area (Å²) in [5.74, 6) is 1.75. The van der Waals surface area contributed by atoms with E-state index >= 15 is 0 Å². The first kappa shape index (κ1) is 18.0. The van der Waals surface area contributed by atoms with E-state index in [9.17, 15) is 0 Å². The molecule has 1 fully saturated rings. The number of hydrogen-bond acceptors (Lipinski definition) is 1. The molecule has 0 spiro atoms. The number of rotatable bonds is 8. The van der Waals surface area contributed by atoms with Crippen molar-refractivity contribution < 1.29 is 0 Å². The van der Waals surface area contributed by atoms with Gasteiger partial charge < -0.3 is 5.73 Å². The van der Waals surface area contributed by atoms with Gasteiger partial charge in [-0.15, -0.1) is 0 Å². The van der Waals surface area contributed by atoms with Crippen LogP contribution in [0.2, 0.25) is 0 Å². The standard InChI is InChI=1S/C19H39N/c1-6-9-10-16(7-2)15-19(20)13-11-17(12-14-19)18(4,5)8-3/h16-17H,6-15,20H2,1-5H3. The minimum Gasteiger partial charge on any atom is -0.325 e. The summed E-state index contributed by atoms with van der Waals surface area (Å²) < 4.78 is 0. The SMILES string of the molecule is CCCCC(CC)CC1(N)CCC(C(C)(C)CC)CC1. The Balaban J connectivity index is 2.48. The highest BCUT2D eigenvalue weighted by Gasteiger charge is 2.38. The van der Waals surface area contributed by atoms with Crippen molar-refractivity contribution in [3.8, 4) is 0 Å². The van der Waals surface area contributed by atoms with Crippen LogP contribution in [-0.4, -0.2) is 5.54 Å². The van der Waals surface area contributed by atoms with Crippen LogP contribution in [0.3, 0.4) is 0 Å². The number of nitrogens with two attached hydrogens (primary N) is 1. The van der Waals surface area contributed by atoms with Crippen LogP contribution in [0, 0.1) is 17.3 Å². The topological polar surface area (TPSA) is 26.0 Å². The van der Waals surface area contributed by atoms with Crippen molar-refractivity contribution in [3.63, 3.8) is 0 Å².